The summed E-state index contributed by atoms with van der Waals surface area (Å²) in [5, 5.41) is 0. The van der Waals surface area contributed by atoms with Gasteiger partial charge in [-0.15, -0.1) is 0 Å². The summed E-state index contributed by atoms with van der Waals surface area (Å²) in [5.41, 5.74) is 3.20. The maximum atomic E-state index is 13.3. The first kappa shape index (κ1) is 17.6. The Kier molecular flexibility index (Phi) is 4.36. The number of nitrogens with zero attached hydrogens (tertiary/aromatic N) is 3. The summed E-state index contributed by atoms with van der Waals surface area (Å²) in [7, 11) is 0. The molecule has 1 atom stereocenters. The largest absolute Gasteiger partial charge is 0.349 e. The van der Waals surface area contributed by atoms with Crippen molar-refractivity contribution in [3.8, 4) is 0 Å². The van der Waals surface area contributed by atoms with Crippen LogP contribution in [0, 0.1) is 19.3 Å². The number of piperidine rings is 2. The first-order valence-electron chi connectivity index (χ1n) is 10.2. The maximum absolute atomic E-state index is 13.3. The van der Waals surface area contributed by atoms with Crippen molar-refractivity contribution in [1.82, 2.24) is 14.4 Å². The zero-order valence-corrected chi connectivity index (χ0v) is 16.4. The first-order valence-corrected chi connectivity index (χ1v) is 10.2. The van der Waals surface area contributed by atoms with E-state index in [2.05, 4.69) is 35.1 Å². The topological polar surface area (TPSA) is 45.6 Å². The zero-order chi connectivity index (χ0) is 18.5. The Morgan fingerprint density at radius 1 is 1.23 bits per heavy atom. The molecule has 2 amide bonds. The molecule has 1 saturated carbocycles. The van der Waals surface area contributed by atoms with E-state index in [1.165, 1.54) is 0 Å². The summed E-state index contributed by atoms with van der Waals surface area (Å²) in [5.74, 6) is 0.500. The highest BCUT2D eigenvalue weighted by Crippen LogP contribution is 2.42. The van der Waals surface area contributed by atoms with Crippen molar-refractivity contribution in [2.45, 2.75) is 71.9 Å². The van der Waals surface area contributed by atoms with E-state index in [1.54, 1.807) is 0 Å². The maximum Gasteiger partial charge on any atom is 0.255 e. The molecule has 0 unspecified atom stereocenters. The number of likely N-dealkylation sites (tertiary alicyclic amines) is 2. The molecule has 3 fully saturated rings. The molecule has 142 valence electrons. The van der Waals surface area contributed by atoms with Crippen molar-refractivity contribution < 1.29 is 9.59 Å². The predicted octanol–water partition coefficient (Wildman–Crippen LogP) is 3.13. The van der Waals surface area contributed by atoms with Gasteiger partial charge < -0.3 is 14.4 Å². The fraction of sp³-hybridized carbons (Fsp3) is 0.714. The molecule has 5 nitrogen and oxygen atoms in total. The van der Waals surface area contributed by atoms with E-state index in [-0.39, 0.29) is 11.3 Å². The lowest BCUT2D eigenvalue weighted by molar-refractivity contribution is -0.139. The van der Waals surface area contributed by atoms with Crippen LogP contribution in [0.4, 0.5) is 0 Å². The number of carbonyl (C=O) groups is 2. The van der Waals surface area contributed by atoms with Crippen LogP contribution in [-0.2, 0) is 11.3 Å². The molecule has 2 aliphatic heterocycles. The van der Waals surface area contributed by atoms with Crippen LogP contribution < -0.4 is 0 Å². The molecule has 1 aromatic rings. The minimum absolute atomic E-state index is 0.112. The fourth-order valence-corrected chi connectivity index (χ4v) is 5.15. The number of aromatic nitrogens is 1. The first-order chi connectivity index (χ1) is 12.4. The number of rotatable bonds is 3. The Hall–Kier alpha value is -1.78. The molecular formula is C21H31N3O2. The van der Waals surface area contributed by atoms with Crippen LogP contribution in [0.2, 0.25) is 0 Å². The zero-order valence-electron chi connectivity index (χ0n) is 16.4. The highest BCUT2D eigenvalue weighted by atomic mass is 16.2. The lowest BCUT2D eigenvalue weighted by atomic mass is 9.73. The number of carbonyl (C=O) groups excluding carboxylic acids is 2. The molecule has 4 rings (SSSR count). The van der Waals surface area contributed by atoms with E-state index < -0.39 is 0 Å². The van der Waals surface area contributed by atoms with Crippen molar-refractivity contribution in [1.29, 1.82) is 0 Å². The molecule has 0 bridgehead atoms. The summed E-state index contributed by atoms with van der Waals surface area (Å²) < 4.78 is 2.21. The molecule has 0 N–H and O–H groups in total. The van der Waals surface area contributed by atoms with E-state index in [4.69, 9.17) is 0 Å². The van der Waals surface area contributed by atoms with Gasteiger partial charge in [-0.25, -0.2) is 0 Å². The van der Waals surface area contributed by atoms with Gasteiger partial charge in [-0.2, -0.15) is 0 Å². The minimum Gasteiger partial charge on any atom is -0.349 e. The van der Waals surface area contributed by atoms with Gasteiger partial charge in [-0.3, -0.25) is 9.59 Å². The summed E-state index contributed by atoms with van der Waals surface area (Å²) in [6.07, 6.45) is 6.10. The average molecular weight is 357 g/mol. The van der Waals surface area contributed by atoms with Crippen molar-refractivity contribution in [2.24, 2.45) is 5.41 Å². The molecule has 1 aromatic heterocycles. The van der Waals surface area contributed by atoms with Crippen LogP contribution in [0.5, 0.6) is 0 Å². The molecular weight excluding hydrogens is 326 g/mol. The van der Waals surface area contributed by atoms with Crippen LogP contribution in [0.3, 0.4) is 0 Å². The van der Waals surface area contributed by atoms with Crippen LogP contribution in [0.25, 0.3) is 0 Å². The summed E-state index contributed by atoms with van der Waals surface area (Å²) in [4.78, 5) is 29.7. The molecule has 3 heterocycles. The second kappa shape index (κ2) is 6.43. The van der Waals surface area contributed by atoms with E-state index in [0.29, 0.717) is 18.4 Å². The van der Waals surface area contributed by atoms with Gasteiger partial charge in [0.25, 0.3) is 5.91 Å². The summed E-state index contributed by atoms with van der Waals surface area (Å²) in [6.45, 7) is 9.64. The van der Waals surface area contributed by atoms with Crippen molar-refractivity contribution in [3.63, 3.8) is 0 Å². The molecule has 5 heteroatoms. The number of aryl methyl sites for hydroxylation is 1. The standard InChI is InChI=1S/C21H31N3O2/c1-4-23-15(2)12-18(16(23)3)20(26)22-11-5-9-21(13-22)10-8-19(25)24(14-21)17-6-7-17/h12,17H,4-11,13-14H2,1-3H3/t21-/m0/s1. The fourth-order valence-electron chi connectivity index (χ4n) is 5.15. The van der Waals surface area contributed by atoms with Gasteiger partial charge in [0.15, 0.2) is 0 Å². The van der Waals surface area contributed by atoms with Crippen LogP contribution in [0.15, 0.2) is 6.07 Å². The second-order valence-corrected chi connectivity index (χ2v) is 8.61. The van der Waals surface area contributed by atoms with Gasteiger partial charge >= 0.3 is 0 Å². The Labute approximate surface area is 156 Å². The normalized spacial score (nSPS) is 26.7. The second-order valence-electron chi connectivity index (χ2n) is 8.61. The molecule has 1 aliphatic carbocycles. The minimum atomic E-state index is 0.112. The predicted molar refractivity (Wildman–Crippen MR) is 101 cm³/mol. The van der Waals surface area contributed by atoms with E-state index >= 15 is 0 Å². The van der Waals surface area contributed by atoms with Gasteiger partial charge in [0.1, 0.15) is 0 Å². The average Bonchev–Trinajstić information content (AvgIpc) is 3.43. The highest BCUT2D eigenvalue weighted by molar-refractivity contribution is 5.96. The monoisotopic (exact) mass is 357 g/mol. The third-order valence-electron chi connectivity index (χ3n) is 6.75. The Bertz CT molecular complexity index is 734. The molecule has 2 saturated heterocycles. The quantitative estimate of drug-likeness (QED) is 0.834. The number of hydrogen-bond acceptors (Lipinski definition) is 2. The van der Waals surface area contributed by atoms with Gasteiger partial charge in [0, 0.05) is 55.4 Å². The van der Waals surface area contributed by atoms with Crippen molar-refractivity contribution >= 4 is 11.8 Å². The van der Waals surface area contributed by atoms with Gasteiger partial charge in [-0.1, -0.05) is 0 Å². The molecule has 3 aliphatic rings. The lowest BCUT2D eigenvalue weighted by Crippen LogP contribution is -2.55. The third-order valence-corrected chi connectivity index (χ3v) is 6.75. The van der Waals surface area contributed by atoms with Crippen LogP contribution in [0.1, 0.15) is 67.2 Å². The Morgan fingerprint density at radius 2 is 2.00 bits per heavy atom. The summed E-state index contributed by atoms with van der Waals surface area (Å²) in [6, 6.07) is 2.53. The highest BCUT2D eigenvalue weighted by Gasteiger charge is 2.46. The van der Waals surface area contributed by atoms with E-state index in [9.17, 15) is 9.59 Å². The molecule has 26 heavy (non-hydrogen) atoms. The third kappa shape index (κ3) is 2.95. The van der Waals surface area contributed by atoms with Gasteiger partial charge in [0.2, 0.25) is 5.91 Å². The van der Waals surface area contributed by atoms with Crippen LogP contribution in [-0.4, -0.2) is 51.9 Å². The van der Waals surface area contributed by atoms with Crippen LogP contribution >= 0.6 is 0 Å². The molecule has 0 aromatic carbocycles. The smallest absolute Gasteiger partial charge is 0.255 e. The summed E-state index contributed by atoms with van der Waals surface area (Å²) >= 11 is 0. The van der Waals surface area contributed by atoms with Crippen molar-refractivity contribution in [2.75, 3.05) is 19.6 Å². The Morgan fingerprint density at radius 3 is 2.65 bits per heavy atom. The molecule has 1 spiro atoms. The van der Waals surface area contributed by atoms with E-state index in [1.807, 2.05) is 6.07 Å². The molecule has 0 radical (unpaired) electrons. The van der Waals surface area contributed by atoms with E-state index in [0.717, 1.165) is 75.2 Å². The lowest BCUT2D eigenvalue weighted by Gasteiger charge is -2.48. The van der Waals surface area contributed by atoms with Gasteiger partial charge in [-0.05, 0) is 58.9 Å². The van der Waals surface area contributed by atoms with Gasteiger partial charge in [0.05, 0.1) is 5.56 Å². The number of amides is 2. The van der Waals surface area contributed by atoms with Crippen molar-refractivity contribution in [3.05, 3.63) is 23.0 Å². The number of hydrogen-bond donors (Lipinski definition) is 0. The Balaban J connectivity index is 1.53. The SMILES string of the molecule is CCn1c(C)cc(C(=O)N2CCC[C@]3(CCC(=O)N(C4CC4)C3)C2)c1C.